The molecule has 1 saturated carbocycles. The van der Waals surface area contributed by atoms with Crippen molar-refractivity contribution in [3.05, 3.63) is 22.1 Å². The molecule has 4 N–H and O–H groups in total. The normalized spacial score (nSPS) is 37.6. The average Bonchev–Trinajstić information content (AvgIpc) is 2.76. The Morgan fingerprint density at radius 3 is 2.86 bits per heavy atom. The van der Waals surface area contributed by atoms with Gasteiger partial charge in [-0.1, -0.05) is 0 Å². The van der Waals surface area contributed by atoms with E-state index in [2.05, 4.69) is 9.97 Å². The van der Waals surface area contributed by atoms with Crippen LogP contribution < -0.4 is 11.3 Å². The fourth-order valence-electron chi connectivity index (χ4n) is 3.80. The van der Waals surface area contributed by atoms with E-state index < -0.39 is 11.4 Å². The summed E-state index contributed by atoms with van der Waals surface area (Å²) in [6, 6.07) is 0. The Morgan fingerprint density at radius 1 is 1.52 bits per heavy atom. The molecular formula is C14H21N3O4. The van der Waals surface area contributed by atoms with E-state index in [4.69, 9.17) is 15.2 Å². The number of nitrogen functional groups attached to an aromatic ring is 1. The van der Waals surface area contributed by atoms with Crippen LogP contribution in [0.3, 0.4) is 0 Å². The average molecular weight is 295 g/mol. The van der Waals surface area contributed by atoms with Gasteiger partial charge in [-0.2, -0.15) is 0 Å². The van der Waals surface area contributed by atoms with Crippen LogP contribution in [0.15, 0.2) is 11.0 Å². The van der Waals surface area contributed by atoms with Gasteiger partial charge in [0, 0.05) is 30.2 Å². The summed E-state index contributed by atoms with van der Waals surface area (Å²) in [4.78, 5) is 18.7. The van der Waals surface area contributed by atoms with Gasteiger partial charge >= 0.3 is 0 Å². The molecule has 1 aliphatic heterocycles. The molecule has 7 nitrogen and oxygen atoms in total. The number of anilines is 1. The number of hydrogen-bond acceptors (Lipinski definition) is 6. The number of fused-ring (bicyclic) bond motifs is 1. The summed E-state index contributed by atoms with van der Waals surface area (Å²) in [5.74, 6) is -0.914. The molecule has 0 radical (unpaired) electrons. The summed E-state index contributed by atoms with van der Waals surface area (Å²) in [6.07, 6.45) is 1.86. The van der Waals surface area contributed by atoms with Gasteiger partial charge in [0.15, 0.2) is 11.7 Å². The molecule has 21 heavy (non-hydrogen) atoms. The van der Waals surface area contributed by atoms with Crippen LogP contribution >= 0.6 is 0 Å². The lowest BCUT2D eigenvalue weighted by Gasteiger charge is -2.30. The van der Waals surface area contributed by atoms with Gasteiger partial charge in [0.2, 0.25) is 0 Å². The molecule has 3 rings (SSSR count). The van der Waals surface area contributed by atoms with Gasteiger partial charge < -0.3 is 20.3 Å². The standard InChI is InChI=1S/C14H21N3O4/c1-13(2)20-10-7(6-18)4-9(14(10,3)21-13)8-5-16-12(15)17-11(8)19/h5,7,9-10,18H,4,6H2,1-3H3,(H3,15,16,17,19)/t7-,9+,10-,14+/m1/s1. The summed E-state index contributed by atoms with van der Waals surface area (Å²) in [6.45, 7) is 5.61. The third-order valence-corrected chi connectivity index (χ3v) is 4.56. The van der Waals surface area contributed by atoms with Crippen LogP contribution in [0.5, 0.6) is 0 Å². The zero-order valence-corrected chi connectivity index (χ0v) is 12.4. The van der Waals surface area contributed by atoms with Gasteiger partial charge in [-0.05, 0) is 27.2 Å². The molecule has 2 aliphatic rings. The molecule has 0 unspecified atom stereocenters. The molecule has 0 spiro atoms. The van der Waals surface area contributed by atoms with Crippen LogP contribution in [-0.4, -0.2) is 39.2 Å². The first-order chi connectivity index (χ1) is 9.77. The Balaban J connectivity index is 2.05. The fraction of sp³-hybridized carbons (Fsp3) is 0.714. The second-order valence-electron chi connectivity index (χ2n) is 6.51. The van der Waals surface area contributed by atoms with E-state index in [0.29, 0.717) is 12.0 Å². The number of ether oxygens (including phenoxy) is 2. The molecular weight excluding hydrogens is 274 g/mol. The Hall–Kier alpha value is -1.44. The second kappa shape index (κ2) is 4.53. The van der Waals surface area contributed by atoms with Crippen LogP contribution in [0.4, 0.5) is 5.95 Å². The van der Waals surface area contributed by atoms with E-state index in [1.165, 1.54) is 6.20 Å². The summed E-state index contributed by atoms with van der Waals surface area (Å²) in [5, 5.41) is 9.62. The highest BCUT2D eigenvalue weighted by molar-refractivity contribution is 5.27. The minimum Gasteiger partial charge on any atom is -0.396 e. The van der Waals surface area contributed by atoms with Crippen molar-refractivity contribution in [3.63, 3.8) is 0 Å². The smallest absolute Gasteiger partial charge is 0.255 e. The summed E-state index contributed by atoms with van der Waals surface area (Å²) >= 11 is 0. The lowest BCUT2D eigenvalue weighted by Crippen LogP contribution is -2.40. The largest absolute Gasteiger partial charge is 0.396 e. The van der Waals surface area contributed by atoms with Crippen LogP contribution in [0.1, 0.15) is 38.7 Å². The molecule has 2 fully saturated rings. The van der Waals surface area contributed by atoms with E-state index in [-0.39, 0.29) is 36.1 Å². The lowest BCUT2D eigenvalue weighted by molar-refractivity contribution is -0.172. The van der Waals surface area contributed by atoms with Gasteiger partial charge in [0.05, 0.1) is 6.10 Å². The summed E-state index contributed by atoms with van der Waals surface area (Å²) < 4.78 is 12.1. The molecule has 1 aromatic rings. The number of nitrogens with one attached hydrogen (secondary N) is 1. The maximum absolute atomic E-state index is 12.2. The first kappa shape index (κ1) is 14.5. The van der Waals surface area contributed by atoms with Gasteiger partial charge in [-0.3, -0.25) is 9.78 Å². The predicted molar refractivity (Wildman–Crippen MR) is 75.6 cm³/mol. The summed E-state index contributed by atoms with van der Waals surface area (Å²) in [7, 11) is 0. The number of nitrogens with two attached hydrogens (primary N) is 1. The molecule has 116 valence electrons. The number of aliphatic hydroxyl groups is 1. The van der Waals surface area contributed by atoms with Crippen molar-refractivity contribution in [1.29, 1.82) is 0 Å². The van der Waals surface area contributed by atoms with Gasteiger partial charge in [-0.15, -0.1) is 0 Å². The molecule has 1 saturated heterocycles. The molecule has 0 aromatic carbocycles. The number of aromatic nitrogens is 2. The molecule has 4 atom stereocenters. The van der Waals surface area contributed by atoms with E-state index in [1.807, 2.05) is 20.8 Å². The van der Waals surface area contributed by atoms with Crippen molar-refractivity contribution in [1.82, 2.24) is 9.97 Å². The van der Waals surface area contributed by atoms with Gasteiger partial charge in [-0.25, -0.2) is 4.98 Å². The van der Waals surface area contributed by atoms with E-state index >= 15 is 0 Å². The van der Waals surface area contributed by atoms with Crippen LogP contribution in [-0.2, 0) is 9.47 Å². The summed E-state index contributed by atoms with van der Waals surface area (Å²) in [5.41, 5.74) is 5.09. The highest BCUT2D eigenvalue weighted by atomic mass is 16.8. The van der Waals surface area contributed by atoms with Crippen LogP contribution in [0.25, 0.3) is 0 Å². The van der Waals surface area contributed by atoms with Crippen LogP contribution in [0, 0.1) is 5.92 Å². The monoisotopic (exact) mass is 295 g/mol. The molecule has 1 aromatic heterocycles. The van der Waals surface area contributed by atoms with Crippen molar-refractivity contribution in [2.45, 2.75) is 50.6 Å². The topological polar surface area (TPSA) is 110 Å². The zero-order chi connectivity index (χ0) is 15.4. The van der Waals surface area contributed by atoms with E-state index in [0.717, 1.165) is 0 Å². The Kier molecular flexibility index (Phi) is 3.12. The predicted octanol–water partition coefficient (Wildman–Crippen LogP) is 0.358. The van der Waals surface area contributed by atoms with Crippen molar-refractivity contribution >= 4 is 5.95 Å². The lowest BCUT2D eigenvalue weighted by atomic mass is 9.86. The number of H-pyrrole nitrogens is 1. The maximum Gasteiger partial charge on any atom is 0.255 e. The number of rotatable bonds is 2. The fourth-order valence-corrected chi connectivity index (χ4v) is 3.80. The molecule has 7 heteroatoms. The maximum atomic E-state index is 12.2. The Morgan fingerprint density at radius 2 is 2.24 bits per heavy atom. The first-order valence-electron chi connectivity index (χ1n) is 7.10. The highest BCUT2D eigenvalue weighted by Gasteiger charge is 2.62. The van der Waals surface area contributed by atoms with Crippen molar-refractivity contribution < 1.29 is 14.6 Å². The zero-order valence-electron chi connectivity index (χ0n) is 12.4. The first-order valence-corrected chi connectivity index (χ1v) is 7.10. The minimum atomic E-state index is -0.737. The number of aromatic amines is 1. The quantitative estimate of drug-likeness (QED) is 0.726. The van der Waals surface area contributed by atoms with Crippen molar-refractivity contribution in [2.75, 3.05) is 12.3 Å². The van der Waals surface area contributed by atoms with Crippen molar-refractivity contribution in [3.8, 4) is 0 Å². The third-order valence-electron chi connectivity index (χ3n) is 4.56. The minimum absolute atomic E-state index is 0.00347. The van der Waals surface area contributed by atoms with Gasteiger partial charge in [0.1, 0.15) is 5.60 Å². The Labute approximate surface area is 122 Å². The third kappa shape index (κ3) is 2.16. The van der Waals surface area contributed by atoms with E-state index in [1.54, 1.807) is 0 Å². The van der Waals surface area contributed by atoms with Gasteiger partial charge in [0.25, 0.3) is 5.56 Å². The Bertz CT molecular complexity index is 614. The molecule has 0 bridgehead atoms. The second-order valence-corrected chi connectivity index (χ2v) is 6.51. The number of aliphatic hydroxyl groups excluding tert-OH is 1. The molecule has 0 amide bonds. The molecule has 1 aliphatic carbocycles. The van der Waals surface area contributed by atoms with E-state index in [9.17, 15) is 9.90 Å². The highest BCUT2D eigenvalue weighted by Crippen LogP contribution is 2.55. The molecule has 2 heterocycles. The number of nitrogens with zero attached hydrogens (tertiary/aromatic N) is 1. The van der Waals surface area contributed by atoms with Crippen LogP contribution in [0.2, 0.25) is 0 Å². The SMILES string of the molecule is CC1(C)O[C@@H]2[C@@H](CO)C[C@@H](c3cnc(N)[nH]c3=O)[C@]2(C)O1. The van der Waals surface area contributed by atoms with Crippen molar-refractivity contribution in [2.24, 2.45) is 5.92 Å². The number of hydrogen-bond donors (Lipinski definition) is 3.